The number of anilines is 1. The zero-order chi connectivity index (χ0) is 20.5. The third-order valence-electron chi connectivity index (χ3n) is 5.34. The summed E-state index contributed by atoms with van der Waals surface area (Å²) in [4.78, 5) is 29.9. The summed E-state index contributed by atoms with van der Waals surface area (Å²) in [5.74, 6) is -0.778. The zero-order valence-corrected chi connectivity index (χ0v) is 16.5. The van der Waals surface area contributed by atoms with Gasteiger partial charge in [-0.2, -0.15) is 0 Å². The largest absolute Gasteiger partial charge is 0.378 e. The van der Waals surface area contributed by atoms with E-state index in [4.69, 9.17) is 4.74 Å². The first-order chi connectivity index (χ1) is 14.0. The summed E-state index contributed by atoms with van der Waals surface area (Å²) in [5.41, 5.74) is 2.87. The first-order valence-corrected chi connectivity index (χ1v) is 9.79. The first kappa shape index (κ1) is 19.3. The van der Waals surface area contributed by atoms with Gasteiger partial charge in [-0.15, -0.1) is 0 Å². The van der Waals surface area contributed by atoms with Gasteiger partial charge in [0.05, 0.1) is 24.5 Å². The van der Waals surface area contributed by atoms with Crippen LogP contribution in [0.1, 0.15) is 30.9 Å². The highest BCUT2D eigenvalue weighted by Gasteiger charge is 2.42. The molecule has 0 unspecified atom stereocenters. The summed E-state index contributed by atoms with van der Waals surface area (Å²) < 4.78 is 18.8. The summed E-state index contributed by atoms with van der Waals surface area (Å²) in [7, 11) is 0. The standard InChI is InChI=1S/C23H23FN2O3/c1-15(2)16-5-9-19(10-6-16)26-22(27)20(17-3-7-18(24)8-4-17)21(23(26)28)25-11-13-29-14-12-25/h3-10,15H,11-14H2,1-2H3. The molecule has 0 spiro atoms. The van der Waals surface area contributed by atoms with E-state index in [0.717, 1.165) is 5.56 Å². The van der Waals surface area contributed by atoms with E-state index in [9.17, 15) is 14.0 Å². The van der Waals surface area contributed by atoms with E-state index in [1.54, 1.807) is 24.3 Å². The van der Waals surface area contributed by atoms with Gasteiger partial charge >= 0.3 is 0 Å². The van der Waals surface area contributed by atoms with E-state index in [-0.39, 0.29) is 17.6 Å². The fourth-order valence-electron chi connectivity index (χ4n) is 3.72. The van der Waals surface area contributed by atoms with Crippen LogP contribution in [0.5, 0.6) is 0 Å². The van der Waals surface area contributed by atoms with Crippen molar-refractivity contribution >= 4 is 23.1 Å². The van der Waals surface area contributed by atoms with Crippen LogP contribution < -0.4 is 4.90 Å². The lowest BCUT2D eigenvalue weighted by molar-refractivity contribution is -0.121. The van der Waals surface area contributed by atoms with Crippen LogP contribution in [-0.2, 0) is 14.3 Å². The Kier molecular flexibility index (Phi) is 5.20. The minimum atomic E-state index is -0.389. The molecule has 5 nitrogen and oxygen atoms in total. The Labute approximate surface area is 169 Å². The highest BCUT2D eigenvalue weighted by molar-refractivity contribution is 6.45. The minimum Gasteiger partial charge on any atom is -0.378 e. The number of carbonyl (C=O) groups excluding carboxylic acids is 2. The van der Waals surface area contributed by atoms with Crippen molar-refractivity contribution in [1.82, 2.24) is 4.90 Å². The molecule has 2 heterocycles. The van der Waals surface area contributed by atoms with Gasteiger partial charge in [0.2, 0.25) is 0 Å². The number of benzene rings is 2. The molecule has 150 valence electrons. The molecule has 2 aromatic carbocycles. The monoisotopic (exact) mass is 394 g/mol. The molecule has 0 N–H and O–H groups in total. The number of morpholine rings is 1. The quantitative estimate of drug-likeness (QED) is 0.744. The summed E-state index contributed by atoms with van der Waals surface area (Å²) >= 11 is 0. The van der Waals surface area contributed by atoms with Gasteiger partial charge in [0.1, 0.15) is 11.5 Å². The molecule has 0 saturated carbocycles. The van der Waals surface area contributed by atoms with E-state index in [1.807, 2.05) is 17.0 Å². The average Bonchev–Trinajstić information content (AvgIpc) is 2.99. The van der Waals surface area contributed by atoms with Gasteiger partial charge in [0.15, 0.2) is 0 Å². The SMILES string of the molecule is CC(C)c1ccc(N2C(=O)C(c3ccc(F)cc3)=C(N3CCOCC3)C2=O)cc1. The molecule has 0 aliphatic carbocycles. The predicted octanol–water partition coefficient (Wildman–Crippen LogP) is 3.57. The van der Waals surface area contributed by atoms with Gasteiger partial charge in [-0.25, -0.2) is 9.29 Å². The number of carbonyl (C=O) groups is 2. The number of hydrogen-bond acceptors (Lipinski definition) is 4. The number of amides is 2. The topological polar surface area (TPSA) is 49.9 Å². The van der Waals surface area contributed by atoms with Crippen LogP contribution in [0.3, 0.4) is 0 Å². The molecular formula is C23H23FN2O3. The fourth-order valence-corrected chi connectivity index (χ4v) is 3.72. The second-order valence-electron chi connectivity index (χ2n) is 7.52. The van der Waals surface area contributed by atoms with Gasteiger partial charge in [-0.3, -0.25) is 9.59 Å². The number of halogens is 1. The average molecular weight is 394 g/mol. The zero-order valence-electron chi connectivity index (χ0n) is 16.5. The van der Waals surface area contributed by atoms with Gasteiger partial charge in [0.25, 0.3) is 11.8 Å². The maximum Gasteiger partial charge on any atom is 0.282 e. The third kappa shape index (κ3) is 3.56. The predicted molar refractivity (Wildman–Crippen MR) is 109 cm³/mol. The summed E-state index contributed by atoms with van der Waals surface area (Å²) in [6.45, 7) is 6.21. The van der Waals surface area contributed by atoms with Gasteiger partial charge < -0.3 is 9.64 Å². The molecule has 2 amide bonds. The fraction of sp³-hybridized carbons (Fsp3) is 0.304. The van der Waals surface area contributed by atoms with Crippen LogP contribution in [0.25, 0.3) is 5.57 Å². The van der Waals surface area contributed by atoms with Crippen molar-refractivity contribution in [2.24, 2.45) is 0 Å². The molecule has 1 fully saturated rings. The van der Waals surface area contributed by atoms with Crippen molar-refractivity contribution in [3.8, 4) is 0 Å². The minimum absolute atomic E-state index is 0.310. The van der Waals surface area contributed by atoms with Crippen LogP contribution in [0.15, 0.2) is 54.2 Å². The lowest BCUT2D eigenvalue weighted by Gasteiger charge is -2.29. The molecule has 0 atom stereocenters. The van der Waals surface area contributed by atoms with Crippen LogP contribution in [0.4, 0.5) is 10.1 Å². The van der Waals surface area contributed by atoms with Crippen molar-refractivity contribution in [3.63, 3.8) is 0 Å². The summed E-state index contributed by atoms with van der Waals surface area (Å²) in [6, 6.07) is 13.2. The maximum absolute atomic E-state index is 13.4. The smallest absolute Gasteiger partial charge is 0.282 e. The van der Waals surface area contributed by atoms with Crippen molar-refractivity contribution < 1.29 is 18.7 Å². The van der Waals surface area contributed by atoms with Crippen LogP contribution in [0, 0.1) is 5.82 Å². The lowest BCUT2D eigenvalue weighted by atomic mass is 10.0. The van der Waals surface area contributed by atoms with E-state index in [1.165, 1.54) is 17.0 Å². The highest BCUT2D eigenvalue weighted by atomic mass is 19.1. The number of nitrogens with zero attached hydrogens (tertiary/aromatic N) is 2. The Hall–Kier alpha value is -2.99. The third-order valence-corrected chi connectivity index (χ3v) is 5.34. The van der Waals surface area contributed by atoms with Crippen LogP contribution in [0.2, 0.25) is 0 Å². The molecule has 0 aromatic heterocycles. The van der Waals surface area contributed by atoms with Crippen molar-refractivity contribution in [2.75, 3.05) is 31.2 Å². The number of imide groups is 1. The van der Waals surface area contributed by atoms with Crippen LogP contribution >= 0.6 is 0 Å². The molecule has 29 heavy (non-hydrogen) atoms. The molecule has 4 rings (SSSR count). The van der Waals surface area contributed by atoms with Crippen LogP contribution in [-0.4, -0.2) is 43.0 Å². The number of hydrogen-bond donors (Lipinski definition) is 0. The number of rotatable bonds is 4. The molecule has 6 heteroatoms. The van der Waals surface area contributed by atoms with Crippen molar-refractivity contribution in [2.45, 2.75) is 19.8 Å². The van der Waals surface area contributed by atoms with Gasteiger partial charge in [-0.05, 0) is 41.3 Å². The molecule has 2 aliphatic rings. The van der Waals surface area contributed by atoms with Crippen molar-refractivity contribution in [3.05, 3.63) is 71.2 Å². The number of ether oxygens (including phenoxy) is 1. The molecular weight excluding hydrogens is 371 g/mol. The van der Waals surface area contributed by atoms with Gasteiger partial charge in [0, 0.05) is 13.1 Å². The Morgan fingerprint density at radius 2 is 1.52 bits per heavy atom. The maximum atomic E-state index is 13.4. The summed E-state index contributed by atoms with van der Waals surface area (Å²) in [5, 5.41) is 0. The second kappa shape index (κ2) is 7.79. The Balaban J connectivity index is 1.77. The highest BCUT2D eigenvalue weighted by Crippen LogP contribution is 2.35. The Bertz CT molecular complexity index is 959. The van der Waals surface area contributed by atoms with E-state index in [2.05, 4.69) is 13.8 Å². The van der Waals surface area contributed by atoms with Gasteiger partial charge in [-0.1, -0.05) is 38.1 Å². The summed E-state index contributed by atoms with van der Waals surface area (Å²) in [6.07, 6.45) is 0. The lowest BCUT2D eigenvalue weighted by Crippen LogP contribution is -2.40. The Morgan fingerprint density at radius 3 is 2.10 bits per heavy atom. The Morgan fingerprint density at radius 1 is 0.897 bits per heavy atom. The molecule has 1 saturated heterocycles. The second-order valence-corrected chi connectivity index (χ2v) is 7.52. The molecule has 2 aliphatic heterocycles. The first-order valence-electron chi connectivity index (χ1n) is 9.79. The molecule has 0 bridgehead atoms. The molecule has 0 radical (unpaired) electrons. The molecule has 2 aromatic rings. The normalized spacial score (nSPS) is 17.7. The van der Waals surface area contributed by atoms with E-state index >= 15 is 0 Å². The van der Waals surface area contributed by atoms with E-state index in [0.29, 0.717) is 54.7 Å². The van der Waals surface area contributed by atoms with Crippen molar-refractivity contribution in [1.29, 1.82) is 0 Å². The van der Waals surface area contributed by atoms with E-state index < -0.39 is 0 Å².